The van der Waals surface area contributed by atoms with E-state index < -0.39 is 6.09 Å². The van der Waals surface area contributed by atoms with E-state index in [0.29, 0.717) is 0 Å². The lowest BCUT2D eigenvalue weighted by atomic mass is 10.1. The van der Waals surface area contributed by atoms with Crippen molar-refractivity contribution in [2.24, 2.45) is 0 Å². The van der Waals surface area contributed by atoms with Crippen LogP contribution in [0.3, 0.4) is 0 Å². The zero-order valence-electron chi connectivity index (χ0n) is 16.0. The molecular weight excluding hydrogens is 286 g/mol. The van der Waals surface area contributed by atoms with E-state index in [2.05, 4.69) is 30.5 Å². The van der Waals surface area contributed by atoms with Crippen LogP contribution in [0.1, 0.15) is 59.9 Å². The SMILES string of the molecule is C=CCC.CC.CC.CC/C=C/c1ccccc1NC(=O)OC. The maximum atomic E-state index is 11.0. The van der Waals surface area contributed by atoms with Crippen molar-refractivity contribution in [3.8, 4) is 0 Å². The molecule has 0 saturated heterocycles. The van der Waals surface area contributed by atoms with Gasteiger partial charge in [-0.25, -0.2) is 4.79 Å². The van der Waals surface area contributed by atoms with Crippen LogP contribution in [-0.2, 0) is 4.74 Å². The number of hydrogen-bond donors (Lipinski definition) is 1. The van der Waals surface area contributed by atoms with Gasteiger partial charge in [0.25, 0.3) is 0 Å². The van der Waals surface area contributed by atoms with Gasteiger partial charge >= 0.3 is 6.09 Å². The number of benzene rings is 1. The topological polar surface area (TPSA) is 38.3 Å². The molecular formula is C20H35NO2. The number of methoxy groups -OCH3 is 1. The van der Waals surface area contributed by atoms with E-state index in [1.54, 1.807) is 0 Å². The monoisotopic (exact) mass is 321 g/mol. The van der Waals surface area contributed by atoms with Crippen molar-refractivity contribution in [3.05, 3.63) is 48.6 Å². The highest BCUT2D eigenvalue weighted by Gasteiger charge is 2.02. The van der Waals surface area contributed by atoms with Crippen molar-refractivity contribution in [1.29, 1.82) is 0 Å². The molecule has 1 aromatic rings. The summed E-state index contributed by atoms with van der Waals surface area (Å²) in [5.74, 6) is 0. The average molecular weight is 322 g/mol. The van der Waals surface area contributed by atoms with Gasteiger partial charge in [-0.15, -0.1) is 6.58 Å². The standard InChI is InChI=1S/C12H15NO2.C4H8.2C2H6/c1-3-4-7-10-8-5-6-9-11(10)13-12(14)15-2;1-3-4-2;2*1-2/h4-9H,3H2,1-2H3,(H,13,14);3H,1,4H2,2H3;2*1-2H3/b7-4+;;;. The number of ether oxygens (including phenoxy) is 1. The lowest BCUT2D eigenvalue weighted by molar-refractivity contribution is 0.187. The fourth-order valence-electron chi connectivity index (χ4n) is 1.16. The van der Waals surface area contributed by atoms with Gasteiger partial charge in [0.1, 0.15) is 0 Å². The zero-order valence-corrected chi connectivity index (χ0v) is 16.0. The molecule has 0 fully saturated rings. The third kappa shape index (κ3) is 16.2. The molecule has 0 aliphatic carbocycles. The van der Waals surface area contributed by atoms with Crippen LogP contribution in [0.4, 0.5) is 10.5 Å². The Morgan fingerprint density at radius 2 is 1.65 bits per heavy atom. The molecule has 23 heavy (non-hydrogen) atoms. The van der Waals surface area contributed by atoms with E-state index in [-0.39, 0.29) is 0 Å². The zero-order chi connectivity index (χ0) is 18.5. The van der Waals surface area contributed by atoms with Gasteiger partial charge in [-0.2, -0.15) is 0 Å². The van der Waals surface area contributed by atoms with Gasteiger partial charge in [0.05, 0.1) is 12.8 Å². The number of allylic oxidation sites excluding steroid dienone is 2. The molecule has 1 amide bonds. The number of amides is 1. The summed E-state index contributed by atoms with van der Waals surface area (Å²) in [5.41, 5.74) is 1.74. The number of anilines is 1. The predicted molar refractivity (Wildman–Crippen MR) is 105 cm³/mol. The first-order chi connectivity index (χ1) is 11.2. The number of para-hydroxylation sites is 1. The number of carbonyl (C=O) groups is 1. The van der Waals surface area contributed by atoms with E-state index >= 15 is 0 Å². The molecule has 0 aliphatic heterocycles. The molecule has 0 heterocycles. The highest BCUT2D eigenvalue weighted by Crippen LogP contribution is 2.16. The van der Waals surface area contributed by atoms with Crippen molar-refractivity contribution < 1.29 is 9.53 Å². The Labute approximate surface area is 143 Å². The van der Waals surface area contributed by atoms with Crippen LogP contribution in [0, 0.1) is 0 Å². The fourth-order valence-corrected chi connectivity index (χ4v) is 1.16. The molecule has 0 spiro atoms. The summed E-state index contributed by atoms with van der Waals surface area (Å²) in [5, 5.41) is 2.66. The molecule has 0 unspecified atom stereocenters. The second kappa shape index (κ2) is 22.3. The Morgan fingerprint density at radius 1 is 1.13 bits per heavy atom. The van der Waals surface area contributed by atoms with Gasteiger partial charge in [0.15, 0.2) is 0 Å². The van der Waals surface area contributed by atoms with Crippen molar-refractivity contribution >= 4 is 17.9 Å². The van der Waals surface area contributed by atoms with Crippen LogP contribution in [0.2, 0.25) is 0 Å². The van der Waals surface area contributed by atoms with Crippen molar-refractivity contribution in [1.82, 2.24) is 0 Å². The molecule has 0 bridgehead atoms. The molecule has 3 heteroatoms. The van der Waals surface area contributed by atoms with Crippen LogP contribution < -0.4 is 5.32 Å². The molecule has 0 radical (unpaired) electrons. The predicted octanol–water partition coefficient (Wildman–Crippen LogP) is 6.92. The minimum absolute atomic E-state index is 0.452. The number of nitrogens with one attached hydrogen (secondary N) is 1. The van der Waals surface area contributed by atoms with Gasteiger partial charge in [-0.3, -0.25) is 5.32 Å². The third-order valence-corrected chi connectivity index (χ3v) is 2.20. The van der Waals surface area contributed by atoms with E-state index in [1.807, 2.05) is 70.2 Å². The van der Waals surface area contributed by atoms with E-state index in [0.717, 1.165) is 24.1 Å². The summed E-state index contributed by atoms with van der Waals surface area (Å²) in [7, 11) is 1.35. The Morgan fingerprint density at radius 3 is 2.09 bits per heavy atom. The fraction of sp³-hybridized carbons (Fsp3) is 0.450. The van der Waals surface area contributed by atoms with Crippen LogP contribution in [0.15, 0.2) is 43.0 Å². The minimum Gasteiger partial charge on any atom is -0.453 e. The van der Waals surface area contributed by atoms with E-state index in [1.165, 1.54) is 7.11 Å². The number of rotatable bonds is 4. The van der Waals surface area contributed by atoms with Crippen LogP contribution >= 0.6 is 0 Å². The summed E-state index contributed by atoms with van der Waals surface area (Å²) in [6, 6.07) is 7.58. The molecule has 0 aliphatic rings. The first-order valence-electron chi connectivity index (χ1n) is 8.40. The van der Waals surface area contributed by atoms with Gasteiger partial charge in [-0.1, -0.05) is 78.0 Å². The van der Waals surface area contributed by atoms with Crippen LogP contribution in [-0.4, -0.2) is 13.2 Å². The van der Waals surface area contributed by atoms with Crippen LogP contribution in [0.25, 0.3) is 6.08 Å². The quantitative estimate of drug-likeness (QED) is 0.611. The molecule has 0 aromatic heterocycles. The maximum Gasteiger partial charge on any atom is 0.411 e. The molecule has 0 atom stereocenters. The van der Waals surface area contributed by atoms with Gasteiger partial charge < -0.3 is 4.74 Å². The van der Waals surface area contributed by atoms with Crippen LogP contribution in [0.5, 0.6) is 0 Å². The highest BCUT2D eigenvalue weighted by molar-refractivity contribution is 5.87. The van der Waals surface area contributed by atoms with Crippen molar-refractivity contribution in [2.45, 2.75) is 54.4 Å². The summed E-state index contributed by atoms with van der Waals surface area (Å²) in [6.45, 7) is 15.6. The third-order valence-electron chi connectivity index (χ3n) is 2.20. The molecule has 1 N–H and O–H groups in total. The largest absolute Gasteiger partial charge is 0.453 e. The highest BCUT2D eigenvalue weighted by atomic mass is 16.5. The summed E-state index contributed by atoms with van der Waals surface area (Å²) < 4.78 is 4.54. The van der Waals surface area contributed by atoms with E-state index in [4.69, 9.17) is 0 Å². The number of carbonyl (C=O) groups excluding carboxylic acids is 1. The molecule has 132 valence electrons. The maximum absolute atomic E-state index is 11.0. The Balaban J connectivity index is -0.000000426. The summed E-state index contributed by atoms with van der Waals surface area (Å²) in [6.07, 6.45) is 7.49. The Kier molecular flexibility index (Phi) is 25.1. The second-order valence-electron chi connectivity index (χ2n) is 3.71. The first-order valence-corrected chi connectivity index (χ1v) is 8.40. The molecule has 1 aromatic carbocycles. The van der Waals surface area contributed by atoms with Gasteiger partial charge in [0.2, 0.25) is 0 Å². The molecule has 3 nitrogen and oxygen atoms in total. The molecule has 0 saturated carbocycles. The minimum atomic E-state index is -0.452. The smallest absolute Gasteiger partial charge is 0.411 e. The lowest BCUT2D eigenvalue weighted by Crippen LogP contribution is -2.11. The normalized spacial score (nSPS) is 8.30. The first kappa shape index (κ1) is 25.9. The summed E-state index contributed by atoms with van der Waals surface area (Å²) >= 11 is 0. The number of hydrogen-bond acceptors (Lipinski definition) is 2. The summed E-state index contributed by atoms with van der Waals surface area (Å²) in [4.78, 5) is 11.0. The van der Waals surface area contributed by atoms with Gasteiger partial charge in [-0.05, 0) is 24.5 Å². The Hall–Kier alpha value is -2.03. The average Bonchev–Trinajstić information content (AvgIpc) is 2.64. The van der Waals surface area contributed by atoms with Crippen molar-refractivity contribution in [2.75, 3.05) is 12.4 Å². The van der Waals surface area contributed by atoms with Gasteiger partial charge in [0, 0.05) is 0 Å². The van der Waals surface area contributed by atoms with E-state index in [9.17, 15) is 4.79 Å². The Bertz CT molecular complexity index is 412. The molecule has 1 rings (SSSR count). The second-order valence-corrected chi connectivity index (χ2v) is 3.71. The van der Waals surface area contributed by atoms with Crippen molar-refractivity contribution in [3.63, 3.8) is 0 Å². The lowest BCUT2D eigenvalue weighted by Gasteiger charge is -2.06.